The Hall–Kier alpha value is -2.39. The quantitative estimate of drug-likeness (QED) is 0.162. The Labute approximate surface area is 239 Å². The van der Waals surface area contributed by atoms with Gasteiger partial charge in [0.05, 0.1) is 25.9 Å². The van der Waals surface area contributed by atoms with Gasteiger partial charge in [-0.15, -0.1) is 0 Å². The molecule has 2 aliphatic rings. The second-order valence-corrected chi connectivity index (χ2v) is 10.8. The van der Waals surface area contributed by atoms with Gasteiger partial charge < -0.3 is 54.3 Å². The molecule has 0 bridgehead atoms. The summed E-state index contributed by atoms with van der Waals surface area (Å²) in [6.07, 6.45) is -8.94. The molecule has 12 heteroatoms. The standard InChI is InChI=1S/C29H42O12/c1-14(2)6-8-16-10-18(27(36)37-5)11-17(9-7-15(3)4)25(16)40-29-26(21(32)19(31)13-38-29)41-28-24(35)23(34)22(33)20(12-30)39-28/h6-7,10-11,19-24,26,28-35H,8-9,12-13H2,1-5H3/t19-,20-,21-,22-,23+,24-,26+,28+,29-/m1/s1. The van der Waals surface area contributed by atoms with Gasteiger partial charge in [0.15, 0.2) is 12.4 Å². The summed E-state index contributed by atoms with van der Waals surface area (Å²) >= 11 is 0. The maximum Gasteiger partial charge on any atom is 0.337 e. The summed E-state index contributed by atoms with van der Waals surface area (Å²) < 4.78 is 28.3. The summed E-state index contributed by atoms with van der Waals surface area (Å²) in [4.78, 5) is 12.5. The van der Waals surface area contributed by atoms with Crippen molar-refractivity contribution < 1.29 is 59.1 Å². The van der Waals surface area contributed by atoms with Crippen LogP contribution in [0, 0.1) is 0 Å². The zero-order valence-corrected chi connectivity index (χ0v) is 24.0. The van der Waals surface area contributed by atoms with Gasteiger partial charge in [-0.1, -0.05) is 23.3 Å². The normalized spacial score (nSPS) is 31.7. The van der Waals surface area contributed by atoms with Gasteiger partial charge in [-0.2, -0.15) is 0 Å². The maximum atomic E-state index is 12.5. The highest BCUT2D eigenvalue weighted by Crippen LogP contribution is 2.34. The molecule has 0 saturated carbocycles. The SMILES string of the molecule is COC(=O)c1cc(CC=C(C)C)c(O[C@H]2OC[C@@H](O)[C@@H](O)[C@@H]2O[C@@H]2O[C@H](CO)[C@@H](O)[C@H](O)[C@H]2O)c(CC=C(C)C)c1. The minimum atomic E-state index is -1.75. The molecule has 1 aromatic rings. The highest BCUT2D eigenvalue weighted by Gasteiger charge is 2.49. The Bertz CT molecular complexity index is 1050. The number of aliphatic hydroxyl groups excluding tert-OH is 6. The molecule has 2 heterocycles. The van der Waals surface area contributed by atoms with Gasteiger partial charge in [-0.05, 0) is 63.8 Å². The van der Waals surface area contributed by atoms with Gasteiger partial charge in [0.2, 0.25) is 6.29 Å². The number of aliphatic hydroxyl groups is 6. The molecule has 2 fully saturated rings. The summed E-state index contributed by atoms with van der Waals surface area (Å²) in [6, 6.07) is 3.29. The van der Waals surface area contributed by atoms with Crippen LogP contribution in [0.5, 0.6) is 5.75 Å². The Morgan fingerprint density at radius 3 is 2.00 bits per heavy atom. The summed E-state index contributed by atoms with van der Waals surface area (Å²) in [5.74, 6) is -0.159. The highest BCUT2D eigenvalue weighted by atomic mass is 16.8. The van der Waals surface area contributed by atoms with Crippen LogP contribution in [0.15, 0.2) is 35.4 Å². The van der Waals surface area contributed by atoms with Crippen LogP contribution >= 0.6 is 0 Å². The van der Waals surface area contributed by atoms with Crippen molar-refractivity contribution in [3.05, 3.63) is 52.1 Å². The van der Waals surface area contributed by atoms with E-state index in [2.05, 4.69) is 0 Å². The first-order chi connectivity index (χ1) is 19.4. The van der Waals surface area contributed by atoms with E-state index in [1.807, 2.05) is 39.8 Å². The molecule has 0 unspecified atom stereocenters. The average molecular weight is 583 g/mol. The third kappa shape index (κ3) is 8.13. The lowest BCUT2D eigenvalue weighted by atomic mass is 9.97. The molecule has 2 saturated heterocycles. The molecule has 9 atom stereocenters. The monoisotopic (exact) mass is 582 g/mol. The Morgan fingerprint density at radius 1 is 0.902 bits per heavy atom. The van der Waals surface area contributed by atoms with Crippen molar-refractivity contribution in [1.82, 2.24) is 0 Å². The second-order valence-electron chi connectivity index (χ2n) is 10.8. The Balaban J connectivity index is 2.03. The van der Waals surface area contributed by atoms with E-state index in [0.717, 1.165) is 11.1 Å². The van der Waals surface area contributed by atoms with Gasteiger partial charge in [0.25, 0.3) is 0 Å². The lowest BCUT2D eigenvalue weighted by Crippen LogP contribution is -2.63. The topological polar surface area (TPSA) is 185 Å². The van der Waals surface area contributed by atoms with Crippen molar-refractivity contribution in [1.29, 1.82) is 0 Å². The number of allylic oxidation sites excluding steroid dienone is 4. The van der Waals surface area contributed by atoms with E-state index >= 15 is 0 Å². The molecule has 0 amide bonds. The van der Waals surface area contributed by atoms with Crippen LogP contribution in [-0.2, 0) is 31.8 Å². The van der Waals surface area contributed by atoms with Gasteiger partial charge in [-0.3, -0.25) is 0 Å². The molecular formula is C29H42O12. The van der Waals surface area contributed by atoms with Crippen LogP contribution in [0.25, 0.3) is 0 Å². The third-order valence-electron chi connectivity index (χ3n) is 6.93. The van der Waals surface area contributed by atoms with E-state index in [-0.39, 0.29) is 6.61 Å². The fourth-order valence-corrected chi connectivity index (χ4v) is 4.54. The molecule has 0 spiro atoms. The predicted molar refractivity (Wildman–Crippen MR) is 145 cm³/mol. The summed E-state index contributed by atoms with van der Waals surface area (Å²) in [5.41, 5.74) is 3.63. The van der Waals surface area contributed by atoms with Crippen molar-refractivity contribution >= 4 is 5.97 Å². The first-order valence-electron chi connectivity index (χ1n) is 13.5. The molecular weight excluding hydrogens is 540 g/mol. The van der Waals surface area contributed by atoms with E-state index in [9.17, 15) is 35.4 Å². The van der Waals surface area contributed by atoms with E-state index in [0.29, 0.717) is 35.3 Å². The summed E-state index contributed by atoms with van der Waals surface area (Å²) in [6.45, 7) is 6.75. The zero-order chi connectivity index (χ0) is 30.4. The summed E-state index contributed by atoms with van der Waals surface area (Å²) in [7, 11) is 1.29. The molecule has 0 aliphatic carbocycles. The number of hydrogen-bond donors (Lipinski definition) is 6. The van der Waals surface area contributed by atoms with Crippen molar-refractivity contribution in [3.63, 3.8) is 0 Å². The highest BCUT2D eigenvalue weighted by molar-refractivity contribution is 5.90. The summed E-state index contributed by atoms with van der Waals surface area (Å²) in [5, 5.41) is 61.5. The van der Waals surface area contributed by atoms with E-state index < -0.39 is 67.9 Å². The van der Waals surface area contributed by atoms with Gasteiger partial charge in [-0.25, -0.2) is 4.79 Å². The molecule has 0 radical (unpaired) electrons. The van der Waals surface area contributed by atoms with E-state index in [4.69, 9.17) is 23.7 Å². The van der Waals surface area contributed by atoms with E-state index in [1.54, 1.807) is 12.1 Å². The molecule has 41 heavy (non-hydrogen) atoms. The largest absolute Gasteiger partial charge is 0.465 e. The van der Waals surface area contributed by atoms with Gasteiger partial charge in [0, 0.05) is 0 Å². The Morgan fingerprint density at radius 2 is 1.49 bits per heavy atom. The van der Waals surface area contributed by atoms with Crippen LogP contribution in [0.3, 0.4) is 0 Å². The zero-order valence-electron chi connectivity index (χ0n) is 24.0. The van der Waals surface area contributed by atoms with Crippen LogP contribution in [0.1, 0.15) is 49.2 Å². The number of methoxy groups -OCH3 is 1. The number of rotatable bonds is 10. The van der Waals surface area contributed by atoms with Crippen LogP contribution in [0.4, 0.5) is 0 Å². The molecule has 6 N–H and O–H groups in total. The lowest BCUT2D eigenvalue weighted by Gasteiger charge is -2.44. The number of esters is 1. The number of carbonyl (C=O) groups is 1. The fourth-order valence-electron chi connectivity index (χ4n) is 4.54. The number of carbonyl (C=O) groups excluding carboxylic acids is 1. The molecule has 3 rings (SSSR count). The van der Waals surface area contributed by atoms with Crippen LogP contribution in [-0.4, -0.2) is 112 Å². The molecule has 1 aromatic carbocycles. The first kappa shape index (κ1) is 33.1. The molecule has 0 aromatic heterocycles. The Kier molecular flexibility index (Phi) is 11.9. The molecule has 2 aliphatic heterocycles. The maximum absolute atomic E-state index is 12.5. The van der Waals surface area contributed by atoms with Crippen LogP contribution in [0.2, 0.25) is 0 Å². The smallest absolute Gasteiger partial charge is 0.337 e. The average Bonchev–Trinajstić information content (AvgIpc) is 2.94. The third-order valence-corrected chi connectivity index (χ3v) is 6.93. The van der Waals surface area contributed by atoms with Gasteiger partial charge >= 0.3 is 5.97 Å². The molecule has 230 valence electrons. The fraction of sp³-hybridized carbons (Fsp3) is 0.621. The number of benzene rings is 1. The predicted octanol–water partition coefficient (Wildman–Crippen LogP) is 0.133. The lowest BCUT2D eigenvalue weighted by molar-refractivity contribution is -0.348. The first-order valence-corrected chi connectivity index (χ1v) is 13.5. The van der Waals surface area contributed by atoms with Crippen molar-refractivity contribution in [2.45, 2.75) is 95.8 Å². The van der Waals surface area contributed by atoms with Gasteiger partial charge in [0.1, 0.15) is 42.4 Å². The van der Waals surface area contributed by atoms with Crippen LogP contribution < -0.4 is 4.74 Å². The molecule has 12 nitrogen and oxygen atoms in total. The van der Waals surface area contributed by atoms with Crippen molar-refractivity contribution in [2.24, 2.45) is 0 Å². The van der Waals surface area contributed by atoms with Crippen molar-refractivity contribution in [3.8, 4) is 5.75 Å². The second kappa shape index (κ2) is 14.7. The number of ether oxygens (including phenoxy) is 5. The van der Waals surface area contributed by atoms with E-state index in [1.165, 1.54) is 7.11 Å². The van der Waals surface area contributed by atoms with Crippen molar-refractivity contribution in [2.75, 3.05) is 20.3 Å². The minimum Gasteiger partial charge on any atom is -0.465 e. The minimum absolute atomic E-state index is 0.298. The number of hydrogen-bond acceptors (Lipinski definition) is 12.